The first-order valence-electron chi connectivity index (χ1n) is 19.8. The number of hydrogen-bond acceptors (Lipinski definition) is 4. The summed E-state index contributed by atoms with van der Waals surface area (Å²) in [6, 6.07) is 37.6. The van der Waals surface area contributed by atoms with Gasteiger partial charge in [-0.3, -0.25) is 4.79 Å². The summed E-state index contributed by atoms with van der Waals surface area (Å²) in [6.45, 7) is 8.06. The number of nitrogens with zero attached hydrogens (tertiary/aromatic N) is 2. The summed E-state index contributed by atoms with van der Waals surface area (Å²) < 4.78 is 0. The maximum absolute atomic E-state index is 11.8. The fraction of sp³-hybridized carbons (Fsp3) is 0.0926. The highest BCUT2D eigenvalue weighted by atomic mass is 32.2. The van der Waals surface area contributed by atoms with Crippen molar-refractivity contribution < 1.29 is 4.79 Å². The van der Waals surface area contributed by atoms with E-state index >= 15 is 0 Å². The average Bonchev–Trinajstić information content (AvgIpc) is 4.10. The van der Waals surface area contributed by atoms with Crippen LogP contribution in [-0.4, -0.2) is 25.1 Å². The number of rotatable bonds is 6. The Balaban J connectivity index is 1.43. The van der Waals surface area contributed by atoms with Gasteiger partial charge in [0.05, 0.1) is 22.8 Å². The minimum Gasteiger partial charge on any atom is -0.354 e. The third-order valence-corrected chi connectivity index (χ3v) is 11.9. The van der Waals surface area contributed by atoms with Crippen molar-refractivity contribution in [3.8, 4) is 69.2 Å². The molecule has 0 fully saturated rings. The number of hydrogen-bond donors (Lipinski definition) is 2. The Labute approximate surface area is 354 Å². The lowest BCUT2D eigenvalue weighted by Gasteiger charge is -2.13. The number of carbonyl (C=O) groups is 1. The molecule has 0 spiro atoms. The van der Waals surface area contributed by atoms with Gasteiger partial charge in [0, 0.05) is 68.1 Å². The summed E-state index contributed by atoms with van der Waals surface area (Å²) in [6.07, 6.45) is 20.0. The van der Waals surface area contributed by atoms with Crippen LogP contribution in [0, 0.1) is 45.5 Å². The number of H-pyrrole nitrogens is 2. The highest BCUT2D eigenvalue weighted by Gasteiger charge is 2.21. The molecule has 5 nitrogen and oxygen atoms in total. The quantitative estimate of drug-likeness (QED) is 0.164. The van der Waals surface area contributed by atoms with Crippen molar-refractivity contribution in [1.29, 1.82) is 0 Å². The normalized spacial score (nSPS) is 11.7. The highest BCUT2D eigenvalue weighted by molar-refractivity contribution is 8.12. The summed E-state index contributed by atoms with van der Waals surface area (Å²) in [5.74, 6) is 6.14. The molecule has 6 heteroatoms. The van der Waals surface area contributed by atoms with Gasteiger partial charge in [-0.25, -0.2) is 9.97 Å². The molecule has 0 aliphatic carbocycles. The predicted molar refractivity (Wildman–Crippen MR) is 253 cm³/mol. The molecule has 0 atom stereocenters. The van der Waals surface area contributed by atoms with Crippen LogP contribution in [0.5, 0.6) is 0 Å². The molecule has 2 aliphatic rings. The second-order valence-electron chi connectivity index (χ2n) is 15.2. The minimum absolute atomic E-state index is 0.0955. The van der Waals surface area contributed by atoms with Crippen LogP contribution in [0.4, 0.5) is 0 Å². The monoisotopic (exact) mass is 792 g/mol. The molecular formula is C54H40N4OS. The number of fused-ring (bicyclic) bond motifs is 8. The molecule has 7 aromatic rings. The van der Waals surface area contributed by atoms with Crippen molar-refractivity contribution in [2.24, 2.45) is 0 Å². The van der Waals surface area contributed by atoms with Crippen LogP contribution in [0.3, 0.4) is 0 Å². The first-order valence-corrected chi connectivity index (χ1v) is 20.8. The molecule has 0 saturated carbocycles. The van der Waals surface area contributed by atoms with E-state index in [0.717, 1.165) is 117 Å². The molecule has 0 unspecified atom stereocenters. The van der Waals surface area contributed by atoms with Gasteiger partial charge in [-0.2, -0.15) is 0 Å². The zero-order valence-corrected chi connectivity index (χ0v) is 34.6. The minimum atomic E-state index is 0.0955. The van der Waals surface area contributed by atoms with Gasteiger partial charge in [0.25, 0.3) is 0 Å². The number of terminal acetylenes is 2. The van der Waals surface area contributed by atoms with Gasteiger partial charge in [-0.05, 0) is 133 Å². The van der Waals surface area contributed by atoms with E-state index in [4.69, 9.17) is 22.8 Å². The van der Waals surface area contributed by atoms with Crippen molar-refractivity contribution in [2.45, 2.75) is 33.4 Å². The standard InChI is InChI=1S/C54H40N4OS/c1-7-36-9-15-39(16-10-36)51-42-21-23-44(55-42)53(41-19-13-38(14-20-41)31-60-35(6)59)45-24-22-43(56-45)52(40-17-11-37(8-2)12-18-40)47-26-28-49(58-47)54(48-27-25-46(51)57-48)50-33(4)29-32(3)30-34(50)5/h1-2,9-30,55-56H,31H2,3-6H3. The summed E-state index contributed by atoms with van der Waals surface area (Å²) in [4.78, 5) is 30.3. The molecule has 60 heavy (non-hydrogen) atoms. The van der Waals surface area contributed by atoms with Gasteiger partial charge in [0.1, 0.15) is 0 Å². The van der Waals surface area contributed by atoms with Gasteiger partial charge in [-0.1, -0.05) is 89.8 Å². The Morgan fingerprint density at radius 3 is 1.33 bits per heavy atom. The van der Waals surface area contributed by atoms with Gasteiger partial charge in [0.2, 0.25) is 0 Å². The molecular weight excluding hydrogens is 753 g/mol. The Morgan fingerprint density at radius 1 is 0.533 bits per heavy atom. The van der Waals surface area contributed by atoms with Crippen LogP contribution < -0.4 is 0 Å². The van der Waals surface area contributed by atoms with E-state index < -0.39 is 0 Å². The fourth-order valence-electron chi connectivity index (χ4n) is 8.37. The molecule has 5 heterocycles. The van der Waals surface area contributed by atoms with Crippen LogP contribution in [-0.2, 0) is 10.5 Å². The zero-order chi connectivity index (χ0) is 41.5. The van der Waals surface area contributed by atoms with E-state index in [1.54, 1.807) is 6.92 Å². The lowest BCUT2D eigenvalue weighted by atomic mass is 9.92. The van der Waals surface area contributed by atoms with Gasteiger partial charge in [-0.15, -0.1) is 12.8 Å². The SMILES string of the molecule is C#Cc1ccc(-c2c3nc(c(-c4c(C)cc(C)cc4C)c4nc(c(-c5ccc(C#C)cc5)c5ccc([nH]5)c(-c5ccc(CSC(C)=O)cc5)c5ccc2[nH]5)C=C4)C=C3)cc1. The summed E-state index contributed by atoms with van der Waals surface area (Å²) >= 11 is 1.31. The molecule has 4 aromatic carbocycles. The summed E-state index contributed by atoms with van der Waals surface area (Å²) in [5.41, 5.74) is 21.1. The van der Waals surface area contributed by atoms with Crippen LogP contribution in [0.2, 0.25) is 0 Å². The summed E-state index contributed by atoms with van der Waals surface area (Å²) in [7, 11) is 0. The lowest BCUT2D eigenvalue weighted by molar-refractivity contribution is -0.109. The number of aromatic nitrogens is 4. The second kappa shape index (κ2) is 15.8. The van der Waals surface area contributed by atoms with Gasteiger partial charge >= 0.3 is 0 Å². The van der Waals surface area contributed by atoms with E-state index in [2.05, 4.69) is 152 Å². The number of thioether (sulfide) groups is 1. The average molecular weight is 793 g/mol. The Hall–Kier alpha value is -7.38. The first-order chi connectivity index (χ1) is 29.2. The van der Waals surface area contributed by atoms with Gasteiger partial charge in [0.15, 0.2) is 5.12 Å². The van der Waals surface area contributed by atoms with Crippen LogP contribution >= 0.6 is 11.8 Å². The summed E-state index contributed by atoms with van der Waals surface area (Å²) in [5, 5.41) is 0.0955. The zero-order valence-electron chi connectivity index (χ0n) is 33.8. The van der Waals surface area contributed by atoms with Crippen LogP contribution in [0.1, 0.15) is 63.1 Å². The molecule has 2 N–H and O–H groups in total. The van der Waals surface area contributed by atoms with Crippen molar-refractivity contribution >= 4 is 63.2 Å². The topological polar surface area (TPSA) is 74.4 Å². The maximum Gasteiger partial charge on any atom is 0.186 e. The third-order valence-electron chi connectivity index (χ3n) is 11.0. The van der Waals surface area contributed by atoms with E-state index in [1.807, 2.05) is 24.3 Å². The molecule has 3 aromatic heterocycles. The number of aromatic amines is 2. The molecule has 288 valence electrons. The fourth-order valence-corrected chi connectivity index (χ4v) is 8.94. The molecule has 9 rings (SSSR count). The van der Waals surface area contributed by atoms with Crippen LogP contribution in [0.25, 0.3) is 90.9 Å². The van der Waals surface area contributed by atoms with E-state index in [1.165, 1.54) is 17.3 Å². The van der Waals surface area contributed by atoms with Crippen molar-refractivity contribution in [3.63, 3.8) is 0 Å². The number of benzene rings is 4. The molecule has 2 aliphatic heterocycles. The Morgan fingerprint density at radius 2 is 0.917 bits per heavy atom. The van der Waals surface area contributed by atoms with Crippen molar-refractivity contribution in [1.82, 2.24) is 19.9 Å². The largest absolute Gasteiger partial charge is 0.354 e. The number of carbonyl (C=O) groups excluding carboxylic acids is 1. The van der Waals surface area contributed by atoms with E-state index in [9.17, 15) is 4.79 Å². The Kier molecular flexibility index (Phi) is 10.0. The number of aryl methyl sites for hydroxylation is 3. The van der Waals surface area contributed by atoms with Crippen molar-refractivity contribution in [2.75, 3.05) is 0 Å². The van der Waals surface area contributed by atoms with E-state index in [0.29, 0.717) is 5.75 Å². The molecule has 8 bridgehead atoms. The lowest BCUT2D eigenvalue weighted by Crippen LogP contribution is -1.96. The van der Waals surface area contributed by atoms with Crippen LogP contribution in [0.15, 0.2) is 109 Å². The van der Waals surface area contributed by atoms with Crippen molar-refractivity contribution in [3.05, 3.63) is 165 Å². The second-order valence-corrected chi connectivity index (χ2v) is 16.3. The first kappa shape index (κ1) is 38.2. The number of nitrogens with one attached hydrogen (secondary N) is 2. The maximum atomic E-state index is 11.8. The highest BCUT2D eigenvalue weighted by Crippen LogP contribution is 2.40. The van der Waals surface area contributed by atoms with Gasteiger partial charge < -0.3 is 9.97 Å². The molecule has 0 amide bonds. The predicted octanol–water partition coefficient (Wildman–Crippen LogP) is 13.0. The third kappa shape index (κ3) is 7.19. The smallest absolute Gasteiger partial charge is 0.186 e. The molecule has 0 radical (unpaired) electrons. The Bertz CT molecular complexity index is 3020. The molecule has 0 saturated heterocycles. The van der Waals surface area contributed by atoms with E-state index in [-0.39, 0.29) is 5.12 Å².